The quantitative estimate of drug-likeness (QED) is 0.428. The van der Waals surface area contributed by atoms with Gasteiger partial charge < -0.3 is 10.1 Å². The molecule has 1 aromatic heterocycles. The first-order valence-corrected chi connectivity index (χ1v) is 9.19. The molecule has 0 unspecified atom stereocenters. The van der Waals surface area contributed by atoms with Crippen LogP contribution in [0.5, 0.6) is 0 Å². The Hall–Kier alpha value is -3.40. The van der Waals surface area contributed by atoms with Gasteiger partial charge in [0.2, 0.25) is 0 Å². The van der Waals surface area contributed by atoms with E-state index in [1.54, 1.807) is 0 Å². The Bertz CT molecular complexity index is 1130. The largest absolute Gasteiger partial charge is 0.462 e. The van der Waals surface area contributed by atoms with Gasteiger partial charge in [0.25, 0.3) is 5.91 Å². The zero-order chi connectivity index (χ0) is 22.8. The van der Waals surface area contributed by atoms with E-state index in [0.717, 1.165) is 6.20 Å². The fourth-order valence-corrected chi connectivity index (χ4v) is 2.90. The van der Waals surface area contributed by atoms with Gasteiger partial charge in [-0.2, -0.15) is 18.3 Å². The Labute approximate surface area is 178 Å². The van der Waals surface area contributed by atoms with E-state index in [4.69, 9.17) is 11.6 Å². The first-order chi connectivity index (χ1) is 14.6. The third-order valence-corrected chi connectivity index (χ3v) is 4.40. The molecule has 1 N–H and O–H groups in total. The number of aromatic nitrogens is 2. The lowest BCUT2D eigenvalue weighted by Gasteiger charge is -2.13. The maximum absolute atomic E-state index is 13.9. The molecule has 0 aliphatic carbocycles. The van der Waals surface area contributed by atoms with Gasteiger partial charge in [-0.05, 0) is 43.3 Å². The van der Waals surface area contributed by atoms with Crippen LogP contribution >= 0.6 is 11.6 Å². The van der Waals surface area contributed by atoms with Crippen molar-refractivity contribution in [2.75, 3.05) is 11.9 Å². The average molecular weight is 456 g/mol. The number of amides is 1. The van der Waals surface area contributed by atoms with Gasteiger partial charge in [0.05, 0.1) is 29.2 Å². The summed E-state index contributed by atoms with van der Waals surface area (Å²) in [6, 6.07) is 8.96. The molecule has 0 radical (unpaired) electrons. The lowest BCUT2D eigenvalue weighted by atomic mass is 10.1. The van der Waals surface area contributed by atoms with Gasteiger partial charge >= 0.3 is 12.1 Å². The third kappa shape index (κ3) is 4.69. The standard InChI is InChI=1S/C20H14ClF4N3O3/c1-2-31-19(30)13-10-26-28(17(13)20(23,24)25)12-8-6-11(7-9-12)18(29)27-15-5-3-4-14(21)16(15)22/h3-10H,2H2,1H3,(H,27,29). The molecule has 0 aliphatic heterocycles. The number of anilines is 1. The van der Waals surface area contributed by atoms with Crippen LogP contribution in [-0.4, -0.2) is 28.3 Å². The minimum atomic E-state index is -4.89. The van der Waals surface area contributed by atoms with Gasteiger partial charge in [0.1, 0.15) is 5.56 Å². The number of carbonyl (C=O) groups is 2. The zero-order valence-corrected chi connectivity index (χ0v) is 16.6. The maximum Gasteiger partial charge on any atom is 0.434 e. The highest BCUT2D eigenvalue weighted by atomic mass is 35.5. The Morgan fingerprint density at radius 3 is 2.45 bits per heavy atom. The summed E-state index contributed by atoms with van der Waals surface area (Å²) in [6.45, 7) is 1.37. The first-order valence-electron chi connectivity index (χ1n) is 8.81. The second-order valence-corrected chi connectivity index (χ2v) is 6.55. The number of nitrogens with one attached hydrogen (secondary N) is 1. The summed E-state index contributed by atoms with van der Waals surface area (Å²) < 4.78 is 59.8. The Balaban J connectivity index is 1.90. The Morgan fingerprint density at radius 2 is 1.84 bits per heavy atom. The van der Waals surface area contributed by atoms with Crippen LogP contribution in [0, 0.1) is 5.82 Å². The van der Waals surface area contributed by atoms with Crippen LogP contribution < -0.4 is 5.32 Å². The molecule has 0 saturated carbocycles. The molecular weight excluding hydrogens is 442 g/mol. The van der Waals surface area contributed by atoms with E-state index in [9.17, 15) is 27.2 Å². The average Bonchev–Trinajstić information content (AvgIpc) is 3.18. The van der Waals surface area contributed by atoms with Crippen molar-refractivity contribution in [2.45, 2.75) is 13.1 Å². The zero-order valence-electron chi connectivity index (χ0n) is 15.8. The van der Waals surface area contributed by atoms with E-state index >= 15 is 0 Å². The molecule has 0 atom stereocenters. The fourth-order valence-electron chi connectivity index (χ4n) is 2.72. The van der Waals surface area contributed by atoms with Crippen molar-refractivity contribution in [3.63, 3.8) is 0 Å². The van der Waals surface area contributed by atoms with E-state index in [-0.39, 0.29) is 28.6 Å². The summed E-state index contributed by atoms with van der Waals surface area (Å²) in [5.74, 6) is -2.66. The van der Waals surface area contributed by atoms with Crippen LogP contribution in [0.25, 0.3) is 5.69 Å². The monoisotopic (exact) mass is 455 g/mol. The number of ether oxygens (including phenoxy) is 1. The maximum atomic E-state index is 13.9. The van der Waals surface area contributed by atoms with E-state index < -0.39 is 35.1 Å². The van der Waals surface area contributed by atoms with Gasteiger partial charge in [0, 0.05) is 5.56 Å². The molecule has 3 rings (SSSR count). The van der Waals surface area contributed by atoms with Gasteiger partial charge in [0.15, 0.2) is 11.5 Å². The minimum absolute atomic E-state index is 0.0478. The van der Waals surface area contributed by atoms with Gasteiger partial charge in [-0.25, -0.2) is 13.9 Å². The molecule has 31 heavy (non-hydrogen) atoms. The molecule has 0 fully saturated rings. The molecule has 0 spiro atoms. The molecule has 1 amide bonds. The number of alkyl halides is 3. The highest BCUT2D eigenvalue weighted by Gasteiger charge is 2.41. The predicted octanol–water partition coefficient (Wildman–Crippen LogP) is 5.11. The van der Waals surface area contributed by atoms with Gasteiger partial charge in [-0.1, -0.05) is 17.7 Å². The summed E-state index contributed by atoms with van der Waals surface area (Å²) in [7, 11) is 0. The molecule has 6 nitrogen and oxygen atoms in total. The van der Waals surface area contributed by atoms with Crippen LogP contribution in [0.3, 0.4) is 0 Å². The predicted molar refractivity (Wildman–Crippen MR) is 104 cm³/mol. The van der Waals surface area contributed by atoms with Crippen molar-refractivity contribution in [3.8, 4) is 5.69 Å². The fraction of sp³-hybridized carbons (Fsp3) is 0.150. The van der Waals surface area contributed by atoms with Crippen molar-refractivity contribution >= 4 is 29.2 Å². The summed E-state index contributed by atoms with van der Waals surface area (Å²) in [6.07, 6.45) is -4.12. The van der Waals surface area contributed by atoms with Crippen LogP contribution in [0.4, 0.5) is 23.2 Å². The third-order valence-electron chi connectivity index (χ3n) is 4.11. The number of rotatable bonds is 5. The smallest absolute Gasteiger partial charge is 0.434 e. The van der Waals surface area contributed by atoms with E-state index in [0.29, 0.717) is 4.68 Å². The normalized spacial score (nSPS) is 11.3. The number of carbonyl (C=O) groups excluding carboxylic acids is 2. The van der Waals surface area contributed by atoms with Crippen molar-refractivity contribution in [1.29, 1.82) is 0 Å². The lowest BCUT2D eigenvalue weighted by Crippen LogP contribution is -2.18. The molecule has 0 aliphatic rings. The topological polar surface area (TPSA) is 73.2 Å². The van der Waals surface area contributed by atoms with Crippen molar-refractivity contribution < 1.29 is 31.9 Å². The molecular formula is C20H14ClF4N3O3. The van der Waals surface area contributed by atoms with Gasteiger partial charge in [-0.15, -0.1) is 0 Å². The number of hydrogen-bond acceptors (Lipinski definition) is 4. The molecule has 2 aromatic carbocycles. The second kappa shape index (κ2) is 8.76. The Morgan fingerprint density at radius 1 is 1.16 bits per heavy atom. The van der Waals surface area contributed by atoms with E-state index in [2.05, 4.69) is 15.2 Å². The summed E-state index contributed by atoms with van der Waals surface area (Å²) in [5, 5.41) is 5.81. The highest BCUT2D eigenvalue weighted by molar-refractivity contribution is 6.31. The summed E-state index contributed by atoms with van der Waals surface area (Å²) in [4.78, 5) is 24.2. The SMILES string of the molecule is CCOC(=O)c1cnn(-c2ccc(C(=O)Nc3cccc(Cl)c3F)cc2)c1C(F)(F)F. The van der Waals surface area contributed by atoms with E-state index in [1.807, 2.05) is 0 Å². The van der Waals surface area contributed by atoms with Crippen LogP contribution in [-0.2, 0) is 10.9 Å². The molecule has 0 bridgehead atoms. The van der Waals surface area contributed by atoms with Crippen molar-refractivity contribution in [3.05, 3.63) is 76.3 Å². The highest BCUT2D eigenvalue weighted by Crippen LogP contribution is 2.34. The molecule has 11 heteroatoms. The first kappa shape index (κ1) is 22.3. The number of nitrogens with zero attached hydrogens (tertiary/aromatic N) is 2. The number of hydrogen-bond donors (Lipinski definition) is 1. The number of benzene rings is 2. The molecule has 1 heterocycles. The van der Waals surface area contributed by atoms with Crippen molar-refractivity contribution in [1.82, 2.24) is 9.78 Å². The van der Waals surface area contributed by atoms with Crippen LogP contribution in [0.15, 0.2) is 48.7 Å². The van der Waals surface area contributed by atoms with Crippen LogP contribution in [0.1, 0.15) is 33.3 Å². The number of esters is 1. The van der Waals surface area contributed by atoms with E-state index in [1.165, 1.54) is 49.4 Å². The number of halogens is 5. The minimum Gasteiger partial charge on any atom is -0.462 e. The summed E-state index contributed by atoms with van der Waals surface area (Å²) >= 11 is 5.67. The second-order valence-electron chi connectivity index (χ2n) is 6.14. The lowest BCUT2D eigenvalue weighted by molar-refractivity contribution is -0.143. The molecule has 162 valence electrons. The van der Waals surface area contributed by atoms with Crippen LogP contribution in [0.2, 0.25) is 5.02 Å². The van der Waals surface area contributed by atoms with Crippen molar-refractivity contribution in [2.24, 2.45) is 0 Å². The summed E-state index contributed by atoms with van der Waals surface area (Å²) in [5.41, 5.74) is -2.17. The molecule has 3 aromatic rings. The van der Waals surface area contributed by atoms with Gasteiger partial charge in [-0.3, -0.25) is 4.79 Å². The Kier molecular flexibility index (Phi) is 6.30. The molecule has 0 saturated heterocycles.